The van der Waals surface area contributed by atoms with Crippen molar-refractivity contribution in [3.8, 4) is 0 Å². The molecule has 0 aromatic heterocycles. The smallest absolute Gasteiger partial charge is 0.0125 e. The van der Waals surface area contributed by atoms with Gasteiger partial charge in [-0.2, -0.15) is 0 Å². The van der Waals surface area contributed by atoms with Crippen LogP contribution in [0.4, 0.5) is 0 Å². The van der Waals surface area contributed by atoms with E-state index >= 15 is 0 Å². The van der Waals surface area contributed by atoms with Gasteiger partial charge in [-0.1, -0.05) is 22.3 Å². The van der Waals surface area contributed by atoms with Crippen LogP contribution in [-0.2, 0) is 0 Å². The van der Waals surface area contributed by atoms with Crippen LogP contribution in [0.2, 0.25) is 0 Å². The van der Waals surface area contributed by atoms with Gasteiger partial charge in [-0.15, -0.1) is 0 Å². The minimum absolute atomic E-state index is 0. The number of hydrogen-bond acceptors (Lipinski definition) is 2. The molecular weight excluding hydrogens is 244 g/mol. The van der Waals surface area contributed by atoms with Crippen LogP contribution in [0.1, 0.15) is 83.1 Å². The normalized spacial score (nSPS) is 19.5. The standard InChI is InChI=1S/C8H17N.C7H15N.3CH4/c1-8(2,3)9-6-4-5-7-9;1-7(2,3)8-5-4-6-8;;;/h4-7H2,1-3H3;4-6H2,1-3H3;3*1H4. The summed E-state index contributed by atoms with van der Waals surface area (Å²) in [7, 11) is 0. The van der Waals surface area contributed by atoms with E-state index in [0.717, 1.165) is 0 Å². The van der Waals surface area contributed by atoms with Crippen LogP contribution in [0.25, 0.3) is 0 Å². The van der Waals surface area contributed by atoms with E-state index in [-0.39, 0.29) is 22.3 Å². The molecule has 0 saturated carbocycles. The van der Waals surface area contributed by atoms with Crippen LogP contribution >= 0.6 is 0 Å². The molecule has 0 unspecified atom stereocenters. The minimum atomic E-state index is 0. The Balaban J connectivity index is -0.000000252. The van der Waals surface area contributed by atoms with Gasteiger partial charge in [-0.25, -0.2) is 0 Å². The highest BCUT2D eigenvalue weighted by Gasteiger charge is 2.25. The van der Waals surface area contributed by atoms with Gasteiger partial charge in [-0.3, -0.25) is 9.80 Å². The predicted octanol–water partition coefficient (Wildman–Crippen LogP) is 5.28. The van der Waals surface area contributed by atoms with Crippen molar-refractivity contribution in [3.63, 3.8) is 0 Å². The van der Waals surface area contributed by atoms with Crippen LogP contribution in [0.15, 0.2) is 0 Å². The predicted molar refractivity (Wildman–Crippen MR) is 96.7 cm³/mol. The van der Waals surface area contributed by atoms with E-state index in [2.05, 4.69) is 51.3 Å². The van der Waals surface area contributed by atoms with Crippen molar-refractivity contribution in [3.05, 3.63) is 0 Å². The minimum Gasteiger partial charge on any atom is -0.298 e. The molecule has 0 spiro atoms. The quantitative estimate of drug-likeness (QED) is 0.598. The first kappa shape index (κ1) is 24.9. The fraction of sp³-hybridized carbons (Fsp3) is 1.00. The molecule has 2 aliphatic heterocycles. The first-order chi connectivity index (χ1) is 7.71. The lowest BCUT2D eigenvalue weighted by molar-refractivity contribution is 0.0690. The number of rotatable bonds is 0. The van der Waals surface area contributed by atoms with Gasteiger partial charge < -0.3 is 0 Å². The molecule has 2 saturated heterocycles. The maximum atomic E-state index is 2.55. The number of hydrogen-bond donors (Lipinski definition) is 0. The summed E-state index contributed by atoms with van der Waals surface area (Å²) in [5.74, 6) is 0. The van der Waals surface area contributed by atoms with Crippen molar-refractivity contribution in [1.29, 1.82) is 0 Å². The molecule has 0 bridgehead atoms. The second-order valence-electron chi connectivity index (χ2n) is 7.38. The molecule has 2 aliphatic rings. The summed E-state index contributed by atoms with van der Waals surface area (Å²) in [5, 5.41) is 0. The van der Waals surface area contributed by atoms with Crippen molar-refractivity contribution >= 4 is 0 Å². The van der Waals surface area contributed by atoms with Gasteiger partial charge in [0.2, 0.25) is 0 Å². The van der Waals surface area contributed by atoms with Crippen molar-refractivity contribution in [2.75, 3.05) is 26.2 Å². The molecule has 2 heterocycles. The van der Waals surface area contributed by atoms with Crippen molar-refractivity contribution in [2.45, 2.75) is 94.2 Å². The topological polar surface area (TPSA) is 6.48 Å². The maximum Gasteiger partial charge on any atom is 0.0125 e. The summed E-state index contributed by atoms with van der Waals surface area (Å²) >= 11 is 0. The van der Waals surface area contributed by atoms with E-state index in [1.54, 1.807) is 0 Å². The number of nitrogens with zero attached hydrogens (tertiary/aromatic N) is 2. The zero-order chi connectivity index (χ0) is 13.1. The van der Waals surface area contributed by atoms with E-state index in [1.165, 1.54) is 45.4 Å². The zero-order valence-corrected chi connectivity index (χ0v) is 12.8. The van der Waals surface area contributed by atoms with Gasteiger partial charge in [0.25, 0.3) is 0 Å². The van der Waals surface area contributed by atoms with Gasteiger partial charge in [0.15, 0.2) is 0 Å². The second-order valence-corrected chi connectivity index (χ2v) is 7.38. The van der Waals surface area contributed by atoms with E-state index in [1.807, 2.05) is 0 Å². The number of likely N-dealkylation sites (tertiary alicyclic amines) is 2. The lowest BCUT2D eigenvalue weighted by atomic mass is 10.0. The third kappa shape index (κ3) is 8.26. The van der Waals surface area contributed by atoms with Crippen LogP contribution in [0.3, 0.4) is 0 Å². The van der Waals surface area contributed by atoms with Gasteiger partial charge in [0.05, 0.1) is 0 Å². The van der Waals surface area contributed by atoms with Crippen LogP contribution in [0.5, 0.6) is 0 Å². The molecule has 2 nitrogen and oxygen atoms in total. The van der Waals surface area contributed by atoms with E-state index in [9.17, 15) is 0 Å². The van der Waals surface area contributed by atoms with E-state index in [0.29, 0.717) is 11.1 Å². The van der Waals surface area contributed by atoms with E-state index in [4.69, 9.17) is 0 Å². The highest BCUT2D eigenvalue weighted by molar-refractivity contribution is 4.82. The molecule has 0 radical (unpaired) electrons. The van der Waals surface area contributed by atoms with Gasteiger partial charge in [0, 0.05) is 11.1 Å². The largest absolute Gasteiger partial charge is 0.298 e. The highest BCUT2D eigenvalue weighted by Crippen LogP contribution is 2.20. The maximum absolute atomic E-state index is 2.55. The first-order valence-electron chi connectivity index (χ1n) is 7.21. The molecule has 0 aromatic carbocycles. The van der Waals surface area contributed by atoms with Crippen LogP contribution in [0, 0.1) is 0 Å². The average Bonchev–Trinajstić information content (AvgIpc) is 2.46. The van der Waals surface area contributed by atoms with Gasteiger partial charge in [0.1, 0.15) is 0 Å². The zero-order valence-electron chi connectivity index (χ0n) is 12.8. The van der Waals surface area contributed by atoms with E-state index < -0.39 is 0 Å². The lowest BCUT2D eigenvalue weighted by Gasteiger charge is -2.42. The summed E-state index contributed by atoms with van der Waals surface area (Å²) in [6.07, 6.45) is 4.20. The monoisotopic (exact) mass is 288 g/mol. The summed E-state index contributed by atoms with van der Waals surface area (Å²) in [6, 6.07) is 0. The molecule has 0 N–H and O–H groups in total. The average molecular weight is 289 g/mol. The summed E-state index contributed by atoms with van der Waals surface area (Å²) in [6.45, 7) is 18.9. The van der Waals surface area contributed by atoms with Crippen molar-refractivity contribution in [2.24, 2.45) is 0 Å². The molecule has 0 atom stereocenters. The Morgan fingerprint density at radius 1 is 0.500 bits per heavy atom. The summed E-state index contributed by atoms with van der Waals surface area (Å²) in [5.41, 5.74) is 0.842. The fourth-order valence-corrected chi connectivity index (χ4v) is 2.37. The Hall–Kier alpha value is -0.0800. The van der Waals surface area contributed by atoms with Crippen molar-refractivity contribution < 1.29 is 0 Å². The Kier molecular flexibility index (Phi) is 12.2. The molecular formula is C18H44N2. The van der Waals surface area contributed by atoms with Crippen molar-refractivity contribution in [1.82, 2.24) is 9.80 Å². The Labute approximate surface area is 130 Å². The third-order valence-corrected chi connectivity index (χ3v) is 3.86. The highest BCUT2D eigenvalue weighted by atomic mass is 15.2. The van der Waals surface area contributed by atoms with Crippen LogP contribution < -0.4 is 0 Å². The van der Waals surface area contributed by atoms with Gasteiger partial charge in [-0.05, 0) is 87.0 Å². The molecule has 0 aliphatic carbocycles. The summed E-state index contributed by atoms with van der Waals surface area (Å²) < 4.78 is 0. The fourth-order valence-electron chi connectivity index (χ4n) is 2.37. The van der Waals surface area contributed by atoms with Crippen LogP contribution in [-0.4, -0.2) is 47.1 Å². The lowest BCUT2D eigenvalue weighted by Crippen LogP contribution is -2.49. The molecule has 126 valence electrons. The third-order valence-electron chi connectivity index (χ3n) is 3.86. The molecule has 0 amide bonds. The molecule has 0 aromatic rings. The Morgan fingerprint density at radius 3 is 0.850 bits per heavy atom. The Bertz CT molecular complexity index is 213. The second kappa shape index (κ2) is 9.78. The molecule has 20 heavy (non-hydrogen) atoms. The SMILES string of the molecule is C.C.C.CC(C)(C)N1CCC1.CC(C)(C)N1CCCC1. The summed E-state index contributed by atoms with van der Waals surface area (Å²) in [4.78, 5) is 5.04. The Morgan fingerprint density at radius 2 is 0.750 bits per heavy atom. The molecule has 2 heteroatoms. The molecule has 2 rings (SSSR count). The molecule has 2 fully saturated rings. The first-order valence-corrected chi connectivity index (χ1v) is 7.21. The van der Waals surface area contributed by atoms with Gasteiger partial charge >= 0.3 is 0 Å².